The van der Waals surface area contributed by atoms with Crippen LogP contribution in [0.1, 0.15) is 39.0 Å². The van der Waals surface area contributed by atoms with E-state index in [-0.39, 0.29) is 17.3 Å². The lowest BCUT2D eigenvalue weighted by atomic mass is 9.94. The molecule has 23 heavy (non-hydrogen) atoms. The van der Waals surface area contributed by atoms with Crippen molar-refractivity contribution in [2.75, 3.05) is 12.4 Å². The van der Waals surface area contributed by atoms with Crippen LogP contribution in [-0.2, 0) is 24.3 Å². The van der Waals surface area contributed by atoms with E-state index in [0.717, 1.165) is 32.1 Å². The summed E-state index contributed by atoms with van der Waals surface area (Å²) in [5.74, 6) is -0.903. The summed E-state index contributed by atoms with van der Waals surface area (Å²) in [7, 11) is -3.52. The maximum absolute atomic E-state index is 12.6. The van der Waals surface area contributed by atoms with Crippen molar-refractivity contribution in [2.24, 2.45) is 0 Å². The second-order valence-electron chi connectivity index (χ2n) is 6.59. The first-order valence-electron chi connectivity index (χ1n) is 7.82. The summed E-state index contributed by atoms with van der Waals surface area (Å²) in [5, 5.41) is 0.495. The molecule has 1 aromatic rings. The predicted molar refractivity (Wildman–Crippen MR) is 85.8 cm³/mol. The molecule has 0 radical (unpaired) electrons. The zero-order valence-corrected chi connectivity index (χ0v) is 14.7. The number of rotatable bonds is 3. The summed E-state index contributed by atoms with van der Waals surface area (Å²) < 4.78 is 31.0. The molecule has 1 saturated carbocycles. The van der Waals surface area contributed by atoms with Gasteiger partial charge in [-0.2, -0.15) is 0 Å². The lowest BCUT2D eigenvalue weighted by Crippen LogP contribution is -2.54. The van der Waals surface area contributed by atoms with Gasteiger partial charge in [-0.15, -0.1) is 0 Å². The van der Waals surface area contributed by atoms with Crippen LogP contribution in [-0.4, -0.2) is 32.2 Å². The quantitative estimate of drug-likeness (QED) is 0.772. The molecule has 128 valence electrons. The van der Waals surface area contributed by atoms with Crippen molar-refractivity contribution < 1.29 is 22.9 Å². The molecular formula is C16H21ClO5S. The highest BCUT2D eigenvalue weighted by atomic mass is 35.5. The Balaban J connectivity index is 1.69. The fraction of sp³-hybridized carbons (Fsp3) is 0.625. The summed E-state index contributed by atoms with van der Waals surface area (Å²) in [4.78, 5) is 11.2. The second-order valence-corrected chi connectivity index (χ2v) is 9.02. The number of ether oxygens (including phenoxy) is 1. The zero-order valence-electron chi connectivity index (χ0n) is 13.1. The molecular weight excluding hydrogens is 340 g/mol. The highest BCUT2D eigenvalue weighted by Gasteiger charge is 2.47. The summed E-state index contributed by atoms with van der Waals surface area (Å²) in [6.07, 6.45) is 4.79. The maximum Gasteiger partial charge on any atom is 0.201 e. The SMILES string of the molecule is CC1(CS(=O)(=O)c2ccc(Cl)cc2)COC2(CCCCC2)OO1. The molecule has 1 aliphatic heterocycles. The Morgan fingerprint density at radius 3 is 2.30 bits per heavy atom. The number of benzene rings is 1. The van der Waals surface area contributed by atoms with Gasteiger partial charge in [0.15, 0.2) is 9.84 Å². The summed E-state index contributed by atoms with van der Waals surface area (Å²) in [6, 6.07) is 6.10. The summed E-state index contributed by atoms with van der Waals surface area (Å²) in [6.45, 7) is 1.88. The Kier molecular flexibility index (Phi) is 4.73. The third-order valence-electron chi connectivity index (χ3n) is 4.32. The van der Waals surface area contributed by atoms with E-state index in [4.69, 9.17) is 26.1 Å². The first kappa shape index (κ1) is 17.2. The van der Waals surface area contributed by atoms with Crippen LogP contribution in [0, 0.1) is 0 Å². The van der Waals surface area contributed by atoms with Crippen molar-refractivity contribution >= 4 is 21.4 Å². The molecule has 0 amide bonds. The first-order chi connectivity index (χ1) is 10.8. The Morgan fingerprint density at radius 2 is 1.74 bits per heavy atom. The molecule has 0 bridgehead atoms. The van der Waals surface area contributed by atoms with E-state index < -0.39 is 21.2 Å². The summed E-state index contributed by atoms with van der Waals surface area (Å²) in [5.41, 5.74) is -1.03. The highest BCUT2D eigenvalue weighted by Crippen LogP contribution is 2.38. The normalized spacial score (nSPS) is 27.9. The van der Waals surface area contributed by atoms with Crippen LogP contribution < -0.4 is 0 Å². The Labute approximate surface area is 141 Å². The van der Waals surface area contributed by atoms with Crippen LogP contribution in [0.25, 0.3) is 0 Å². The predicted octanol–water partition coefficient (Wildman–Crippen LogP) is 3.51. The van der Waals surface area contributed by atoms with E-state index in [1.165, 1.54) is 12.1 Å². The molecule has 1 heterocycles. The minimum atomic E-state index is -3.52. The van der Waals surface area contributed by atoms with Gasteiger partial charge in [0.25, 0.3) is 0 Å². The smallest absolute Gasteiger partial charge is 0.201 e. The van der Waals surface area contributed by atoms with E-state index >= 15 is 0 Å². The molecule has 3 rings (SSSR count). The molecule has 5 nitrogen and oxygen atoms in total. The van der Waals surface area contributed by atoms with E-state index in [1.807, 2.05) is 0 Å². The number of hydrogen-bond donors (Lipinski definition) is 0. The van der Waals surface area contributed by atoms with E-state index in [0.29, 0.717) is 5.02 Å². The number of hydrogen-bond acceptors (Lipinski definition) is 5. The molecule has 1 aromatic carbocycles. The largest absolute Gasteiger partial charge is 0.344 e. The van der Waals surface area contributed by atoms with Gasteiger partial charge in [0.1, 0.15) is 5.60 Å². The van der Waals surface area contributed by atoms with Crippen LogP contribution in [0.3, 0.4) is 0 Å². The Hall–Kier alpha value is -0.660. The third-order valence-corrected chi connectivity index (χ3v) is 6.55. The van der Waals surface area contributed by atoms with Crippen molar-refractivity contribution in [1.82, 2.24) is 0 Å². The van der Waals surface area contributed by atoms with Gasteiger partial charge in [0.2, 0.25) is 5.79 Å². The lowest BCUT2D eigenvalue weighted by Gasteiger charge is -2.44. The van der Waals surface area contributed by atoms with E-state index in [1.54, 1.807) is 19.1 Å². The highest BCUT2D eigenvalue weighted by molar-refractivity contribution is 7.91. The van der Waals surface area contributed by atoms with Gasteiger partial charge in [0, 0.05) is 17.9 Å². The fourth-order valence-electron chi connectivity index (χ4n) is 3.02. The molecule has 7 heteroatoms. The van der Waals surface area contributed by atoms with Crippen LogP contribution in [0.5, 0.6) is 0 Å². The lowest BCUT2D eigenvalue weighted by molar-refractivity contribution is -0.510. The number of halogens is 1. The molecule has 1 spiro atoms. The van der Waals surface area contributed by atoms with Gasteiger partial charge in [-0.25, -0.2) is 18.2 Å². The second kappa shape index (κ2) is 6.33. The molecule has 2 aliphatic rings. The van der Waals surface area contributed by atoms with Crippen molar-refractivity contribution in [2.45, 2.75) is 55.3 Å². The van der Waals surface area contributed by atoms with Gasteiger partial charge in [-0.3, -0.25) is 0 Å². The Morgan fingerprint density at radius 1 is 1.09 bits per heavy atom. The van der Waals surface area contributed by atoms with Crippen molar-refractivity contribution in [1.29, 1.82) is 0 Å². The fourth-order valence-corrected chi connectivity index (χ4v) is 4.80. The van der Waals surface area contributed by atoms with Crippen LogP contribution in [0.15, 0.2) is 29.2 Å². The molecule has 2 fully saturated rings. The zero-order chi connectivity index (χ0) is 16.6. The maximum atomic E-state index is 12.6. The molecule has 1 unspecified atom stereocenters. The minimum absolute atomic E-state index is 0.194. The monoisotopic (exact) mass is 360 g/mol. The van der Waals surface area contributed by atoms with Crippen molar-refractivity contribution in [3.8, 4) is 0 Å². The van der Waals surface area contributed by atoms with Gasteiger partial charge < -0.3 is 4.74 Å². The number of sulfone groups is 1. The van der Waals surface area contributed by atoms with E-state index in [2.05, 4.69) is 0 Å². The topological polar surface area (TPSA) is 61.8 Å². The Bertz CT molecular complexity index is 640. The van der Waals surface area contributed by atoms with Crippen molar-refractivity contribution in [3.63, 3.8) is 0 Å². The summed E-state index contributed by atoms with van der Waals surface area (Å²) >= 11 is 5.80. The third kappa shape index (κ3) is 3.88. The average Bonchev–Trinajstić information content (AvgIpc) is 2.52. The van der Waals surface area contributed by atoms with Gasteiger partial charge in [0.05, 0.1) is 17.3 Å². The molecule has 1 atom stereocenters. The standard InChI is InChI=1S/C16H21ClO5S/c1-15(11-20-16(22-21-15)9-3-2-4-10-16)12-23(18,19)14-7-5-13(17)6-8-14/h5-8H,2-4,9-12H2,1H3. The van der Waals surface area contributed by atoms with E-state index in [9.17, 15) is 8.42 Å². The van der Waals surface area contributed by atoms with Gasteiger partial charge in [-0.1, -0.05) is 18.0 Å². The molecule has 0 aromatic heterocycles. The minimum Gasteiger partial charge on any atom is -0.344 e. The molecule has 1 saturated heterocycles. The van der Waals surface area contributed by atoms with Gasteiger partial charge >= 0.3 is 0 Å². The van der Waals surface area contributed by atoms with Crippen molar-refractivity contribution in [3.05, 3.63) is 29.3 Å². The average molecular weight is 361 g/mol. The van der Waals surface area contributed by atoms with Crippen LogP contribution in [0.4, 0.5) is 0 Å². The van der Waals surface area contributed by atoms with Crippen LogP contribution in [0.2, 0.25) is 5.02 Å². The molecule has 1 aliphatic carbocycles. The van der Waals surface area contributed by atoms with Gasteiger partial charge in [-0.05, 0) is 44.0 Å². The van der Waals surface area contributed by atoms with Crippen LogP contribution >= 0.6 is 11.6 Å². The first-order valence-corrected chi connectivity index (χ1v) is 9.85. The molecule has 0 N–H and O–H groups in total.